The van der Waals surface area contributed by atoms with Crippen LogP contribution >= 0.6 is 15.9 Å². The first-order chi connectivity index (χ1) is 15.0. The Labute approximate surface area is 189 Å². The molecule has 0 saturated heterocycles. The van der Waals surface area contributed by atoms with Crippen LogP contribution in [-0.2, 0) is 6.61 Å². The number of hydrogen-bond donors (Lipinski definition) is 3. The average molecular weight is 483 g/mol. The van der Waals surface area contributed by atoms with Crippen LogP contribution in [0.25, 0.3) is 0 Å². The number of nitrogens with one attached hydrogen (secondary N) is 2. The van der Waals surface area contributed by atoms with Crippen molar-refractivity contribution >= 4 is 27.7 Å². The van der Waals surface area contributed by atoms with Crippen molar-refractivity contribution in [1.82, 2.24) is 10.6 Å². The van der Waals surface area contributed by atoms with Gasteiger partial charge in [0.1, 0.15) is 18.1 Å². The molecule has 3 N–H and O–H groups in total. The van der Waals surface area contributed by atoms with Gasteiger partial charge in [-0.1, -0.05) is 52.3 Å². The summed E-state index contributed by atoms with van der Waals surface area (Å²) in [4.78, 5) is 24.6. The molecule has 3 rings (SSSR count). The van der Waals surface area contributed by atoms with Gasteiger partial charge in [-0.15, -0.1) is 0 Å². The molecule has 6 nitrogen and oxygen atoms in total. The van der Waals surface area contributed by atoms with Gasteiger partial charge in [-0.3, -0.25) is 9.59 Å². The molecule has 0 spiro atoms. The van der Waals surface area contributed by atoms with E-state index in [-0.39, 0.29) is 17.6 Å². The molecule has 0 aliphatic heterocycles. The van der Waals surface area contributed by atoms with Crippen LogP contribution in [0.4, 0.5) is 0 Å². The Hall–Kier alpha value is -3.32. The van der Waals surface area contributed by atoms with E-state index in [1.165, 1.54) is 12.1 Å². The zero-order valence-electron chi connectivity index (χ0n) is 16.8. The van der Waals surface area contributed by atoms with Gasteiger partial charge in [0.2, 0.25) is 0 Å². The van der Waals surface area contributed by atoms with Crippen LogP contribution < -0.4 is 15.4 Å². The highest BCUT2D eigenvalue weighted by Crippen LogP contribution is 2.22. The molecule has 0 aliphatic carbocycles. The van der Waals surface area contributed by atoms with Crippen molar-refractivity contribution in [3.63, 3.8) is 0 Å². The van der Waals surface area contributed by atoms with Crippen molar-refractivity contribution in [2.75, 3.05) is 13.1 Å². The maximum atomic E-state index is 12.6. The molecule has 2 amide bonds. The molecule has 160 valence electrons. The third kappa shape index (κ3) is 6.58. The van der Waals surface area contributed by atoms with Gasteiger partial charge in [-0.25, -0.2) is 0 Å². The highest BCUT2D eigenvalue weighted by Gasteiger charge is 2.12. The molecule has 0 aromatic heterocycles. The lowest BCUT2D eigenvalue weighted by Gasteiger charge is -2.12. The van der Waals surface area contributed by atoms with E-state index >= 15 is 0 Å². The van der Waals surface area contributed by atoms with Gasteiger partial charge in [0.15, 0.2) is 0 Å². The van der Waals surface area contributed by atoms with Crippen molar-refractivity contribution in [3.8, 4) is 11.5 Å². The van der Waals surface area contributed by atoms with Gasteiger partial charge in [0, 0.05) is 28.7 Å². The van der Waals surface area contributed by atoms with Crippen LogP contribution in [0.1, 0.15) is 32.7 Å². The number of halogens is 1. The van der Waals surface area contributed by atoms with Crippen LogP contribution in [0.3, 0.4) is 0 Å². The van der Waals surface area contributed by atoms with E-state index in [0.717, 1.165) is 10.0 Å². The Morgan fingerprint density at radius 1 is 0.871 bits per heavy atom. The number of rotatable bonds is 9. The number of benzene rings is 3. The predicted molar refractivity (Wildman–Crippen MR) is 122 cm³/mol. The third-order valence-corrected chi connectivity index (χ3v) is 5.28. The summed E-state index contributed by atoms with van der Waals surface area (Å²) in [5.41, 5.74) is 1.83. The van der Waals surface area contributed by atoms with E-state index < -0.39 is 0 Å². The Morgan fingerprint density at radius 2 is 1.58 bits per heavy atom. The van der Waals surface area contributed by atoms with E-state index in [9.17, 15) is 14.7 Å². The molecular weight excluding hydrogens is 460 g/mol. The second-order valence-electron chi connectivity index (χ2n) is 6.79. The molecule has 0 heterocycles. The first kappa shape index (κ1) is 22.4. The first-order valence-electron chi connectivity index (χ1n) is 9.85. The summed E-state index contributed by atoms with van der Waals surface area (Å²) in [7, 11) is 0. The van der Waals surface area contributed by atoms with Crippen molar-refractivity contribution in [2.24, 2.45) is 0 Å². The van der Waals surface area contributed by atoms with Gasteiger partial charge in [0.25, 0.3) is 11.8 Å². The highest BCUT2D eigenvalue weighted by molar-refractivity contribution is 9.10. The van der Waals surface area contributed by atoms with Crippen molar-refractivity contribution in [3.05, 3.63) is 94.0 Å². The molecule has 0 bridgehead atoms. The van der Waals surface area contributed by atoms with Gasteiger partial charge in [0.05, 0.1) is 5.56 Å². The maximum Gasteiger partial charge on any atom is 0.255 e. The predicted octanol–water partition coefficient (Wildman–Crippen LogP) is 4.28. The second-order valence-corrected chi connectivity index (χ2v) is 7.65. The second kappa shape index (κ2) is 11.2. The van der Waals surface area contributed by atoms with Crippen molar-refractivity contribution < 1.29 is 19.4 Å². The molecule has 31 heavy (non-hydrogen) atoms. The summed E-state index contributed by atoms with van der Waals surface area (Å²) in [6.07, 6.45) is 0.566. The molecule has 0 radical (unpaired) electrons. The SMILES string of the molecule is O=C(NCCCNC(=O)c1ccccc1OCc1ccccc1Br)c1cccc(O)c1. The number of carbonyl (C=O) groups excluding carboxylic acids is 2. The maximum absolute atomic E-state index is 12.6. The number of hydrogen-bond acceptors (Lipinski definition) is 4. The summed E-state index contributed by atoms with van der Waals surface area (Å²) >= 11 is 3.49. The number of aromatic hydroxyl groups is 1. The smallest absolute Gasteiger partial charge is 0.255 e. The summed E-state index contributed by atoms with van der Waals surface area (Å²) in [6.45, 7) is 1.14. The zero-order chi connectivity index (χ0) is 22.1. The van der Waals surface area contributed by atoms with Crippen LogP contribution in [0.15, 0.2) is 77.3 Å². The minimum atomic E-state index is -0.270. The summed E-state index contributed by atoms with van der Waals surface area (Å²) < 4.78 is 6.82. The molecule has 3 aromatic carbocycles. The number of para-hydroxylation sites is 1. The fraction of sp³-hybridized carbons (Fsp3) is 0.167. The molecule has 7 heteroatoms. The van der Waals surface area contributed by atoms with E-state index in [1.807, 2.05) is 30.3 Å². The lowest BCUT2D eigenvalue weighted by atomic mass is 10.2. The number of carbonyl (C=O) groups is 2. The minimum Gasteiger partial charge on any atom is -0.508 e. The van der Waals surface area contributed by atoms with E-state index in [1.54, 1.807) is 30.3 Å². The fourth-order valence-corrected chi connectivity index (χ4v) is 3.29. The topological polar surface area (TPSA) is 87.7 Å². The molecule has 0 aliphatic rings. The molecule has 0 fully saturated rings. The molecule has 3 aromatic rings. The summed E-state index contributed by atoms with van der Waals surface area (Å²) in [6, 6.07) is 21.0. The van der Waals surface area contributed by atoms with Gasteiger partial charge < -0.3 is 20.5 Å². The van der Waals surface area contributed by atoms with Gasteiger partial charge in [-0.05, 0) is 42.8 Å². The minimum absolute atomic E-state index is 0.0421. The third-order valence-electron chi connectivity index (χ3n) is 4.51. The Morgan fingerprint density at radius 3 is 2.35 bits per heavy atom. The number of amides is 2. The fourth-order valence-electron chi connectivity index (χ4n) is 2.89. The normalized spacial score (nSPS) is 10.4. The van der Waals surface area contributed by atoms with Crippen LogP contribution in [-0.4, -0.2) is 30.0 Å². The van der Waals surface area contributed by atoms with E-state index in [2.05, 4.69) is 26.6 Å². The van der Waals surface area contributed by atoms with E-state index in [4.69, 9.17) is 4.74 Å². The van der Waals surface area contributed by atoms with Crippen molar-refractivity contribution in [2.45, 2.75) is 13.0 Å². The molecule has 0 saturated carbocycles. The van der Waals surface area contributed by atoms with Crippen LogP contribution in [0.5, 0.6) is 11.5 Å². The average Bonchev–Trinajstić information content (AvgIpc) is 2.78. The van der Waals surface area contributed by atoms with Gasteiger partial charge in [-0.2, -0.15) is 0 Å². The monoisotopic (exact) mass is 482 g/mol. The van der Waals surface area contributed by atoms with Crippen molar-refractivity contribution in [1.29, 1.82) is 0 Å². The Bertz CT molecular complexity index is 1060. The lowest BCUT2D eigenvalue weighted by Crippen LogP contribution is -2.30. The zero-order valence-corrected chi connectivity index (χ0v) is 18.4. The number of phenols is 1. The number of phenolic OH excluding ortho intramolecular Hbond substituents is 1. The van der Waals surface area contributed by atoms with Crippen LogP contribution in [0, 0.1) is 0 Å². The van der Waals surface area contributed by atoms with Crippen LogP contribution in [0.2, 0.25) is 0 Å². The largest absolute Gasteiger partial charge is 0.508 e. The molecule has 0 unspecified atom stereocenters. The molecular formula is C24H23BrN2O4. The summed E-state index contributed by atoms with van der Waals surface area (Å²) in [5.74, 6) is 0.0449. The lowest BCUT2D eigenvalue weighted by molar-refractivity contribution is 0.0948. The number of ether oxygens (including phenoxy) is 1. The Balaban J connectivity index is 1.46. The quantitative estimate of drug-likeness (QED) is 0.397. The van der Waals surface area contributed by atoms with Gasteiger partial charge >= 0.3 is 0 Å². The first-order valence-corrected chi connectivity index (χ1v) is 10.6. The summed E-state index contributed by atoms with van der Waals surface area (Å²) in [5, 5.41) is 15.1. The molecule has 0 atom stereocenters. The van der Waals surface area contributed by atoms with E-state index in [0.29, 0.717) is 43.0 Å². The Kier molecular flexibility index (Phi) is 8.06. The highest BCUT2D eigenvalue weighted by atomic mass is 79.9. The standard InChI is InChI=1S/C24H23BrN2O4/c25-21-11-3-1-7-18(21)16-31-22-12-4-2-10-20(22)24(30)27-14-6-13-26-23(29)17-8-5-9-19(28)15-17/h1-5,7-12,15,28H,6,13-14,16H2,(H,26,29)(H,27,30).